The van der Waals surface area contributed by atoms with Crippen molar-refractivity contribution in [2.75, 3.05) is 0 Å². The lowest BCUT2D eigenvalue weighted by Crippen LogP contribution is -1.96. The summed E-state index contributed by atoms with van der Waals surface area (Å²) in [7, 11) is 0. The van der Waals surface area contributed by atoms with E-state index in [0.717, 1.165) is 5.56 Å². The van der Waals surface area contributed by atoms with Crippen LogP contribution in [0.15, 0.2) is 42.5 Å². The number of nitriles is 1. The number of nitrogens with zero attached hydrogens (tertiary/aromatic N) is 2. The molecule has 2 N–H and O–H groups in total. The van der Waals surface area contributed by atoms with Gasteiger partial charge in [0.25, 0.3) is 0 Å². The third kappa shape index (κ3) is 2.80. The summed E-state index contributed by atoms with van der Waals surface area (Å²) >= 11 is 0. The van der Waals surface area contributed by atoms with Crippen molar-refractivity contribution in [2.24, 2.45) is 5.73 Å². The molecule has 0 spiro atoms. The summed E-state index contributed by atoms with van der Waals surface area (Å²) in [4.78, 5) is 4.03. The van der Waals surface area contributed by atoms with Crippen LogP contribution in [0.4, 0.5) is 0 Å². The summed E-state index contributed by atoms with van der Waals surface area (Å²) in [6.07, 6.45) is 0. The van der Waals surface area contributed by atoms with Crippen LogP contribution in [0, 0.1) is 11.3 Å². The molecule has 0 saturated heterocycles. The Kier molecular flexibility index (Phi) is 3.34. The van der Waals surface area contributed by atoms with E-state index in [0.29, 0.717) is 23.9 Å². The molecule has 1 aromatic carbocycles. The van der Waals surface area contributed by atoms with Crippen LogP contribution in [0.3, 0.4) is 0 Å². The maximum absolute atomic E-state index is 8.73. The molecule has 0 aliphatic heterocycles. The van der Waals surface area contributed by atoms with Crippen molar-refractivity contribution in [1.29, 1.82) is 5.26 Å². The lowest BCUT2D eigenvalue weighted by atomic mass is 10.2. The summed E-state index contributed by atoms with van der Waals surface area (Å²) in [5, 5.41) is 8.73. The van der Waals surface area contributed by atoms with Gasteiger partial charge < -0.3 is 10.5 Å². The number of ether oxygens (including phenoxy) is 1. The van der Waals surface area contributed by atoms with Gasteiger partial charge in [-0.3, -0.25) is 0 Å². The molecule has 2 rings (SSSR count). The highest BCUT2D eigenvalue weighted by atomic mass is 16.5. The third-order valence-corrected chi connectivity index (χ3v) is 2.19. The van der Waals surface area contributed by atoms with E-state index in [1.54, 1.807) is 18.2 Å². The molecular weight excluding hydrogens is 214 g/mol. The second-order valence-electron chi connectivity index (χ2n) is 3.43. The number of hydrogen-bond donors (Lipinski definition) is 1. The van der Waals surface area contributed by atoms with Gasteiger partial charge in [0.15, 0.2) is 0 Å². The first-order valence-corrected chi connectivity index (χ1v) is 5.16. The fourth-order valence-electron chi connectivity index (χ4n) is 1.39. The standard InChI is InChI=1S/C13H11N3O/c14-8-10-3-1-5-12(7-10)17-13-6-2-4-11(9-15)16-13/h1-7H,8,14H2. The highest BCUT2D eigenvalue weighted by Crippen LogP contribution is 2.20. The van der Waals surface area contributed by atoms with Crippen LogP contribution in [-0.4, -0.2) is 4.98 Å². The van der Waals surface area contributed by atoms with Crippen LogP contribution in [0.5, 0.6) is 11.6 Å². The van der Waals surface area contributed by atoms with Gasteiger partial charge in [-0.15, -0.1) is 0 Å². The second kappa shape index (κ2) is 5.10. The average molecular weight is 225 g/mol. The fraction of sp³-hybridized carbons (Fsp3) is 0.0769. The monoisotopic (exact) mass is 225 g/mol. The Labute approximate surface area is 99.3 Å². The quantitative estimate of drug-likeness (QED) is 0.869. The van der Waals surface area contributed by atoms with Crippen LogP contribution in [-0.2, 0) is 6.54 Å². The summed E-state index contributed by atoms with van der Waals surface area (Å²) < 4.78 is 5.55. The fourth-order valence-corrected chi connectivity index (χ4v) is 1.39. The van der Waals surface area contributed by atoms with Gasteiger partial charge >= 0.3 is 0 Å². The molecule has 2 aromatic rings. The molecule has 1 heterocycles. The van der Waals surface area contributed by atoms with Gasteiger partial charge in [0, 0.05) is 12.6 Å². The van der Waals surface area contributed by atoms with Crippen molar-refractivity contribution in [3.63, 3.8) is 0 Å². The molecule has 0 fully saturated rings. The Morgan fingerprint density at radius 2 is 2.06 bits per heavy atom. The van der Waals surface area contributed by atoms with Crippen molar-refractivity contribution >= 4 is 0 Å². The van der Waals surface area contributed by atoms with Crippen molar-refractivity contribution in [1.82, 2.24) is 4.98 Å². The van der Waals surface area contributed by atoms with E-state index >= 15 is 0 Å². The molecular formula is C13H11N3O. The zero-order valence-corrected chi connectivity index (χ0v) is 9.13. The Hall–Kier alpha value is -2.38. The van der Waals surface area contributed by atoms with E-state index in [9.17, 15) is 0 Å². The highest BCUT2D eigenvalue weighted by Gasteiger charge is 2.00. The van der Waals surface area contributed by atoms with Crippen LogP contribution >= 0.6 is 0 Å². The minimum atomic E-state index is 0.331. The molecule has 0 saturated carbocycles. The molecule has 0 radical (unpaired) electrons. The van der Waals surface area contributed by atoms with E-state index in [4.69, 9.17) is 15.7 Å². The van der Waals surface area contributed by atoms with E-state index in [1.165, 1.54) is 0 Å². The average Bonchev–Trinajstić information content (AvgIpc) is 2.39. The Morgan fingerprint density at radius 1 is 1.24 bits per heavy atom. The molecule has 0 amide bonds. The Bertz CT molecular complexity index is 561. The number of rotatable bonds is 3. The predicted octanol–water partition coefficient (Wildman–Crippen LogP) is 2.20. The predicted molar refractivity (Wildman–Crippen MR) is 63.4 cm³/mol. The first-order valence-electron chi connectivity index (χ1n) is 5.16. The molecule has 17 heavy (non-hydrogen) atoms. The van der Waals surface area contributed by atoms with Gasteiger partial charge in [-0.25, -0.2) is 4.98 Å². The lowest BCUT2D eigenvalue weighted by molar-refractivity contribution is 0.462. The zero-order valence-electron chi connectivity index (χ0n) is 9.13. The number of hydrogen-bond acceptors (Lipinski definition) is 4. The summed E-state index contributed by atoms with van der Waals surface area (Å²) in [6.45, 7) is 0.461. The summed E-state index contributed by atoms with van der Waals surface area (Å²) in [6, 6.07) is 14.5. The smallest absolute Gasteiger partial charge is 0.220 e. The molecule has 84 valence electrons. The van der Waals surface area contributed by atoms with Gasteiger partial charge in [0.1, 0.15) is 17.5 Å². The summed E-state index contributed by atoms with van der Waals surface area (Å²) in [5.74, 6) is 1.06. The molecule has 0 unspecified atom stereocenters. The minimum Gasteiger partial charge on any atom is -0.439 e. The van der Waals surface area contributed by atoms with Gasteiger partial charge in [-0.1, -0.05) is 18.2 Å². The highest BCUT2D eigenvalue weighted by molar-refractivity contribution is 5.33. The Morgan fingerprint density at radius 3 is 2.82 bits per heavy atom. The van der Waals surface area contributed by atoms with Gasteiger partial charge in [0.2, 0.25) is 5.88 Å². The topological polar surface area (TPSA) is 71.9 Å². The van der Waals surface area contributed by atoms with Crippen LogP contribution in [0.2, 0.25) is 0 Å². The number of benzene rings is 1. The largest absolute Gasteiger partial charge is 0.439 e. The second-order valence-corrected chi connectivity index (χ2v) is 3.43. The molecule has 0 aliphatic carbocycles. The first kappa shape index (κ1) is 11.1. The first-order chi connectivity index (χ1) is 8.31. The molecule has 4 heteroatoms. The zero-order chi connectivity index (χ0) is 12.1. The third-order valence-electron chi connectivity index (χ3n) is 2.19. The van der Waals surface area contributed by atoms with Crippen molar-refractivity contribution < 1.29 is 4.74 Å². The number of nitrogens with two attached hydrogens (primary N) is 1. The molecule has 1 aromatic heterocycles. The van der Waals surface area contributed by atoms with Crippen molar-refractivity contribution in [3.8, 4) is 17.7 Å². The molecule has 4 nitrogen and oxygen atoms in total. The Balaban J connectivity index is 2.22. The molecule has 0 aliphatic rings. The van der Waals surface area contributed by atoms with Crippen molar-refractivity contribution in [2.45, 2.75) is 6.54 Å². The maximum Gasteiger partial charge on any atom is 0.220 e. The molecule has 0 atom stereocenters. The van der Waals surface area contributed by atoms with Crippen molar-refractivity contribution in [3.05, 3.63) is 53.7 Å². The van der Waals surface area contributed by atoms with Crippen LogP contribution in [0.1, 0.15) is 11.3 Å². The van der Waals surface area contributed by atoms with E-state index in [1.807, 2.05) is 30.3 Å². The maximum atomic E-state index is 8.73. The van der Waals surface area contributed by atoms with E-state index in [2.05, 4.69) is 4.98 Å². The van der Waals surface area contributed by atoms with E-state index < -0.39 is 0 Å². The van der Waals surface area contributed by atoms with Crippen LogP contribution < -0.4 is 10.5 Å². The van der Waals surface area contributed by atoms with Crippen LogP contribution in [0.25, 0.3) is 0 Å². The SMILES string of the molecule is N#Cc1cccc(Oc2cccc(CN)c2)n1. The summed E-state index contributed by atoms with van der Waals surface area (Å²) in [5.41, 5.74) is 6.86. The number of aromatic nitrogens is 1. The van der Waals surface area contributed by atoms with Gasteiger partial charge in [-0.2, -0.15) is 5.26 Å². The lowest BCUT2D eigenvalue weighted by Gasteiger charge is -2.05. The number of pyridine rings is 1. The molecule has 0 bridgehead atoms. The van der Waals surface area contributed by atoms with Gasteiger partial charge in [0.05, 0.1) is 0 Å². The van der Waals surface area contributed by atoms with E-state index in [-0.39, 0.29) is 0 Å². The minimum absolute atomic E-state index is 0.331. The van der Waals surface area contributed by atoms with Gasteiger partial charge in [-0.05, 0) is 23.8 Å². The normalized spacial score (nSPS) is 9.65.